The van der Waals surface area contributed by atoms with Crippen LogP contribution in [0.1, 0.15) is 30.2 Å². The number of nitrogens with zero attached hydrogens (tertiary/aromatic N) is 3. The zero-order valence-corrected chi connectivity index (χ0v) is 19.5. The lowest BCUT2D eigenvalue weighted by atomic mass is 9.97. The number of hydrogen-bond donors (Lipinski definition) is 4. The molecule has 10 nitrogen and oxygen atoms in total. The summed E-state index contributed by atoms with van der Waals surface area (Å²) < 4.78 is 24.7. The van der Waals surface area contributed by atoms with E-state index in [1.54, 1.807) is 13.0 Å². The van der Waals surface area contributed by atoms with Gasteiger partial charge in [-0.15, -0.1) is 0 Å². The second-order valence-electron chi connectivity index (χ2n) is 7.87. The van der Waals surface area contributed by atoms with E-state index < -0.39 is 10.0 Å². The van der Waals surface area contributed by atoms with Gasteiger partial charge in [0.1, 0.15) is 5.82 Å². The summed E-state index contributed by atoms with van der Waals surface area (Å²) in [5.41, 5.74) is 3.21. The summed E-state index contributed by atoms with van der Waals surface area (Å²) in [5.74, 6) is 0.682. The van der Waals surface area contributed by atoms with Gasteiger partial charge in [0.2, 0.25) is 16.0 Å². The van der Waals surface area contributed by atoms with Crippen molar-refractivity contribution in [1.29, 1.82) is 0 Å². The number of amides is 2. The maximum atomic E-state index is 12.7. The molecule has 0 radical (unpaired) electrons. The number of anilines is 2. The molecule has 2 aromatic rings. The number of aryl methyl sites for hydroxylation is 1. The molecule has 1 aromatic carbocycles. The van der Waals surface area contributed by atoms with Crippen molar-refractivity contribution in [3.8, 4) is 0 Å². The molecule has 1 aromatic heterocycles. The van der Waals surface area contributed by atoms with Crippen LogP contribution in [0.25, 0.3) is 0 Å². The Hall–Kier alpha value is -2.76. The number of carbonyl (C=O) groups excluding carboxylic acids is 1. The minimum absolute atomic E-state index is 0.116. The number of rotatable bonds is 9. The molecule has 1 atom stereocenters. The van der Waals surface area contributed by atoms with Crippen molar-refractivity contribution in [2.24, 2.45) is 0 Å². The van der Waals surface area contributed by atoms with Crippen LogP contribution in [0.3, 0.4) is 0 Å². The van der Waals surface area contributed by atoms with Gasteiger partial charge in [-0.3, -0.25) is 10.2 Å². The minimum atomic E-state index is -3.24. The molecule has 0 bridgehead atoms. The predicted octanol–water partition coefficient (Wildman–Crippen LogP) is 1.66. The van der Waals surface area contributed by atoms with Gasteiger partial charge in [-0.2, -0.15) is 4.98 Å². The number of hydrogen-bond acceptors (Lipinski definition) is 7. The van der Waals surface area contributed by atoms with Crippen molar-refractivity contribution < 1.29 is 13.2 Å². The summed E-state index contributed by atoms with van der Waals surface area (Å²) >= 11 is 0. The molecule has 2 heterocycles. The quantitative estimate of drug-likeness (QED) is 0.418. The van der Waals surface area contributed by atoms with Gasteiger partial charge >= 0.3 is 6.03 Å². The number of benzene rings is 1. The van der Waals surface area contributed by atoms with Crippen molar-refractivity contribution in [2.45, 2.75) is 39.4 Å². The first-order chi connectivity index (χ1) is 15.2. The average Bonchev–Trinajstić information content (AvgIpc) is 2.70. The number of nitrogens with one attached hydrogen (secondary N) is 4. The van der Waals surface area contributed by atoms with Gasteiger partial charge in [-0.05, 0) is 24.5 Å². The Morgan fingerprint density at radius 1 is 1.19 bits per heavy atom. The van der Waals surface area contributed by atoms with Crippen molar-refractivity contribution in [2.75, 3.05) is 36.5 Å². The third-order valence-corrected chi connectivity index (χ3v) is 5.76. The van der Waals surface area contributed by atoms with Crippen LogP contribution in [0.2, 0.25) is 0 Å². The first-order valence-electron chi connectivity index (χ1n) is 10.7. The molecule has 2 amide bonds. The molecule has 0 spiro atoms. The normalized spacial score (nSPS) is 16.3. The fraction of sp³-hybridized carbons (Fsp3) is 0.476. The van der Waals surface area contributed by atoms with Crippen LogP contribution in [-0.2, 0) is 23.0 Å². The highest BCUT2D eigenvalue weighted by Crippen LogP contribution is 2.22. The van der Waals surface area contributed by atoms with Gasteiger partial charge < -0.3 is 10.6 Å². The predicted molar refractivity (Wildman–Crippen MR) is 125 cm³/mol. The SMILES string of the molecule is CCCN1Cc2ccccc2CC1NC(=O)Nc1nc(C)cc(NCCNS(C)(=O)=O)n1. The number of sulfonamides is 1. The van der Waals surface area contributed by atoms with Crippen LogP contribution in [0.5, 0.6) is 0 Å². The molecule has 4 N–H and O–H groups in total. The molecular weight excluding hydrogens is 430 g/mol. The molecule has 174 valence electrons. The van der Waals surface area contributed by atoms with E-state index in [0.717, 1.165) is 32.2 Å². The highest BCUT2D eigenvalue weighted by molar-refractivity contribution is 7.88. The second kappa shape index (κ2) is 10.7. The summed E-state index contributed by atoms with van der Waals surface area (Å²) in [6.45, 7) is 6.18. The van der Waals surface area contributed by atoms with E-state index in [0.29, 0.717) is 18.1 Å². The Kier molecular flexibility index (Phi) is 7.99. The van der Waals surface area contributed by atoms with E-state index in [2.05, 4.69) is 54.6 Å². The van der Waals surface area contributed by atoms with Gasteiger partial charge in [-0.1, -0.05) is 31.2 Å². The summed E-state index contributed by atoms with van der Waals surface area (Å²) in [5, 5.41) is 8.80. The van der Waals surface area contributed by atoms with Crippen LogP contribution < -0.4 is 20.7 Å². The Morgan fingerprint density at radius 3 is 2.66 bits per heavy atom. The molecule has 1 unspecified atom stereocenters. The second-order valence-corrected chi connectivity index (χ2v) is 9.70. The Balaban J connectivity index is 1.60. The number of carbonyl (C=O) groups is 1. The van der Waals surface area contributed by atoms with Gasteiger partial charge in [0.15, 0.2) is 0 Å². The van der Waals surface area contributed by atoms with Crippen molar-refractivity contribution in [1.82, 2.24) is 24.9 Å². The topological polar surface area (TPSA) is 128 Å². The van der Waals surface area contributed by atoms with E-state index in [1.807, 2.05) is 12.1 Å². The Morgan fingerprint density at radius 2 is 1.94 bits per heavy atom. The first-order valence-corrected chi connectivity index (χ1v) is 12.5. The van der Waals surface area contributed by atoms with Crippen LogP contribution in [0.4, 0.5) is 16.6 Å². The Bertz CT molecular complexity index is 1050. The van der Waals surface area contributed by atoms with E-state index in [4.69, 9.17) is 0 Å². The van der Waals surface area contributed by atoms with Crippen molar-refractivity contribution in [3.05, 3.63) is 47.2 Å². The fourth-order valence-corrected chi connectivity index (χ4v) is 4.15. The van der Waals surface area contributed by atoms with Gasteiger partial charge in [0, 0.05) is 44.4 Å². The van der Waals surface area contributed by atoms with Gasteiger partial charge in [-0.25, -0.2) is 22.9 Å². The monoisotopic (exact) mass is 461 g/mol. The Labute approximate surface area is 189 Å². The molecule has 1 aliphatic heterocycles. The number of aromatic nitrogens is 2. The molecule has 0 fully saturated rings. The van der Waals surface area contributed by atoms with E-state index in [9.17, 15) is 13.2 Å². The molecule has 0 aliphatic carbocycles. The summed E-state index contributed by atoms with van der Waals surface area (Å²) in [6, 6.07) is 9.66. The first kappa shape index (κ1) is 23.9. The lowest BCUT2D eigenvalue weighted by Gasteiger charge is -2.37. The highest BCUT2D eigenvalue weighted by Gasteiger charge is 2.26. The standard InChI is InChI=1S/C21H31N7O3S/c1-4-11-28-14-17-8-6-5-7-16(17)13-19(28)26-21(29)27-20-24-15(2)12-18(25-20)22-9-10-23-32(3,30)31/h5-8,12,19,23H,4,9-11,13-14H2,1-3H3,(H3,22,24,25,26,27,29). The zero-order chi connectivity index (χ0) is 23.1. The molecule has 0 saturated heterocycles. The third-order valence-electron chi connectivity index (χ3n) is 5.03. The van der Waals surface area contributed by atoms with Crippen LogP contribution >= 0.6 is 0 Å². The van der Waals surface area contributed by atoms with E-state index >= 15 is 0 Å². The number of fused-ring (bicyclic) bond motifs is 1. The molecule has 0 saturated carbocycles. The van der Waals surface area contributed by atoms with E-state index in [1.165, 1.54) is 11.1 Å². The van der Waals surface area contributed by atoms with Crippen LogP contribution in [-0.4, -0.2) is 61.4 Å². The largest absolute Gasteiger partial charge is 0.369 e. The zero-order valence-electron chi connectivity index (χ0n) is 18.7. The summed E-state index contributed by atoms with van der Waals surface area (Å²) in [7, 11) is -3.24. The maximum absolute atomic E-state index is 12.7. The van der Waals surface area contributed by atoms with E-state index in [-0.39, 0.29) is 24.7 Å². The summed E-state index contributed by atoms with van der Waals surface area (Å²) in [6.07, 6.45) is 2.72. The van der Waals surface area contributed by atoms with Crippen LogP contribution in [0.15, 0.2) is 30.3 Å². The molecular formula is C21H31N7O3S. The molecule has 3 rings (SSSR count). The lowest BCUT2D eigenvalue weighted by molar-refractivity contribution is 0.147. The smallest absolute Gasteiger partial charge is 0.322 e. The average molecular weight is 462 g/mol. The highest BCUT2D eigenvalue weighted by atomic mass is 32.2. The number of urea groups is 1. The van der Waals surface area contributed by atoms with Gasteiger partial charge in [0.25, 0.3) is 0 Å². The minimum Gasteiger partial charge on any atom is -0.369 e. The molecule has 32 heavy (non-hydrogen) atoms. The van der Waals surface area contributed by atoms with Crippen molar-refractivity contribution >= 4 is 27.8 Å². The fourth-order valence-electron chi connectivity index (χ4n) is 3.67. The molecule has 11 heteroatoms. The lowest BCUT2D eigenvalue weighted by Crippen LogP contribution is -2.52. The summed E-state index contributed by atoms with van der Waals surface area (Å²) in [4.78, 5) is 23.6. The van der Waals surface area contributed by atoms with Crippen molar-refractivity contribution in [3.63, 3.8) is 0 Å². The van der Waals surface area contributed by atoms with Crippen LogP contribution in [0, 0.1) is 6.92 Å². The molecule has 1 aliphatic rings. The maximum Gasteiger partial charge on any atom is 0.322 e. The van der Waals surface area contributed by atoms with Gasteiger partial charge in [0.05, 0.1) is 12.4 Å². The third kappa shape index (κ3) is 7.14.